The van der Waals surface area contributed by atoms with Gasteiger partial charge in [0.2, 0.25) is 0 Å². The number of rotatable bonds is 4. The molecule has 0 bridgehead atoms. The molecule has 2 aromatic rings. The van der Waals surface area contributed by atoms with Crippen LogP contribution in [0.4, 0.5) is 0 Å². The molecule has 0 saturated heterocycles. The number of nitrogens with one attached hydrogen (secondary N) is 1. The number of hydrogen-bond acceptors (Lipinski definition) is 3. The largest absolute Gasteiger partial charge is 0.346 e. The van der Waals surface area contributed by atoms with Gasteiger partial charge in [-0.2, -0.15) is 0 Å². The number of carbonyl (C=O) groups excluding carboxylic acids is 1. The van der Waals surface area contributed by atoms with Gasteiger partial charge in [0.15, 0.2) is 0 Å². The van der Waals surface area contributed by atoms with Crippen molar-refractivity contribution in [3.05, 3.63) is 42.7 Å². The third kappa shape index (κ3) is 3.40. The second-order valence-corrected chi connectivity index (χ2v) is 6.61. The number of thiophene rings is 2. The van der Waals surface area contributed by atoms with Gasteiger partial charge in [-0.1, -0.05) is 6.92 Å². The van der Waals surface area contributed by atoms with Crippen LogP contribution in [0.25, 0.3) is 0 Å². The zero-order chi connectivity index (χ0) is 12.3. The SMILES string of the molecule is CCc1ccc(C(=O)NCc2cc(Br)cs2)s1. The third-order valence-electron chi connectivity index (χ3n) is 2.28. The normalized spacial score (nSPS) is 10.5. The van der Waals surface area contributed by atoms with E-state index in [-0.39, 0.29) is 5.91 Å². The summed E-state index contributed by atoms with van der Waals surface area (Å²) in [6.07, 6.45) is 0.982. The molecule has 90 valence electrons. The zero-order valence-corrected chi connectivity index (χ0v) is 12.5. The van der Waals surface area contributed by atoms with E-state index < -0.39 is 0 Å². The Morgan fingerprint density at radius 1 is 1.41 bits per heavy atom. The van der Waals surface area contributed by atoms with Gasteiger partial charge in [-0.05, 0) is 40.5 Å². The van der Waals surface area contributed by atoms with Crippen molar-refractivity contribution in [2.45, 2.75) is 19.9 Å². The summed E-state index contributed by atoms with van der Waals surface area (Å²) in [5.74, 6) is 0.0132. The maximum absolute atomic E-state index is 11.8. The van der Waals surface area contributed by atoms with Gasteiger partial charge >= 0.3 is 0 Å². The summed E-state index contributed by atoms with van der Waals surface area (Å²) in [6.45, 7) is 2.69. The van der Waals surface area contributed by atoms with E-state index in [1.54, 1.807) is 22.7 Å². The van der Waals surface area contributed by atoms with Crippen LogP contribution in [0.1, 0.15) is 26.3 Å². The topological polar surface area (TPSA) is 29.1 Å². The van der Waals surface area contributed by atoms with Crippen molar-refractivity contribution in [3.8, 4) is 0 Å². The Kier molecular flexibility index (Phi) is 4.36. The van der Waals surface area contributed by atoms with Gasteiger partial charge in [0.1, 0.15) is 0 Å². The molecule has 5 heteroatoms. The summed E-state index contributed by atoms with van der Waals surface area (Å²) in [5.41, 5.74) is 0. The second kappa shape index (κ2) is 5.80. The van der Waals surface area contributed by atoms with Crippen LogP contribution in [0.5, 0.6) is 0 Å². The maximum Gasteiger partial charge on any atom is 0.261 e. The maximum atomic E-state index is 11.8. The van der Waals surface area contributed by atoms with E-state index in [1.165, 1.54) is 4.88 Å². The minimum Gasteiger partial charge on any atom is -0.346 e. The Labute approximate surface area is 117 Å². The molecule has 0 spiro atoms. The predicted octanol–water partition coefficient (Wildman–Crippen LogP) is 4.06. The fourth-order valence-corrected chi connectivity index (χ4v) is 3.65. The number of hydrogen-bond donors (Lipinski definition) is 1. The first-order valence-electron chi connectivity index (χ1n) is 5.29. The zero-order valence-electron chi connectivity index (χ0n) is 9.33. The lowest BCUT2D eigenvalue weighted by Gasteiger charge is -2.00. The summed E-state index contributed by atoms with van der Waals surface area (Å²) in [5, 5.41) is 4.94. The van der Waals surface area contributed by atoms with Gasteiger partial charge in [0, 0.05) is 19.6 Å². The van der Waals surface area contributed by atoms with Crippen molar-refractivity contribution >= 4 is 44.5 Å². The highest BCUT2D eigenvalue weighted by atomic mass is 79.9. The Balaban J connectivity index is 1.93. The van der Waals surface area contributed by atoms with E-state index in [1.807, 2.05) is 23.6 Å². The molecule has 2 aromatic heterocycles. The van der Waals surface area contributed by atoms with E-state index in [4.69, 9.17) is 0 Å². The standard InChI is InChI=1S/C12H12BrNOS2/c1-2-9-3-4-11(17-9)12(15)14-6-10-5-8(13)7-16-10/h3-5,7H,2,6H2,1H3,(H,14,15). The number of carbonyl (C=O) groups is 1. The van der Waals surface area contributed by atoms with Crippen LogP contribution < -0.4 is 5.32 Å². The van der Waals surface area contributed by atoms with Crippen LogP contribution in [0.3, 0.4) is 0 Å². The van der Waals surface area contributed by atoms with Crippen molar-refractivity contribution in [2.24, 2.45) is 0 Å². The molecule has 2 rings (SSSR count). The highest BCUT2D eigenvalue weighted by Gasteiger charge is 2.08. The van der Waals surface area contributed by atoms with Gasteiger partial charge in [-0.15, -0.1) is 22.7 Å². The van der Waals surface area contributed by atoms with Crippen molar-refractivity contribution < 1.29 is 4.79 Å². The average molecular weight is 330 g/mol. The highest BCUT2D eigenvalue weighted by molar-refractivity contribution is 9.10. The van der Waals surface area contributed by atoms with Crippen molar-refractivity contribution in [2.75, 3.05) is 0 Å². The van der Waals surface area contributed by atoms with Gasteiger partial charge < -0.3 is 5.32 Å². The Morgan fingerprint density at radius 3 is 2.82 bits per heavy atom. The molecule has 0 aliphatic heterocycles. The van der Waals surface area contributed by atoms with Crippen LogP contribution in [-0.2, 0) is 13.0 Å². The predicted molar refractivity (Wildman–Crippen MR) is 76.9 cm³/mol. The van der Waals surface area contributed by atoms with Crippen LogP contribution in [0.2, 0.25) is 0 Å². The number of aryl methyl sites for hydroxylation is 1. The van der Waals surface area contributed by atoms with Crippen LogP contribution >= 0.6 is 38.6 Å². The molecule has 1 N–H and O–H groups in total. The lowest BCUT2D eigenvalue weighted by molar-refractivity contribution is 0.0955. The first-order chi connectivity index (χ1) is 8.19. The fourth-order valence-electron chi connectivity index (χ4n) is 1.39. The van der Waals surface area contributed by atoms with Crippen molar-refractivity contribution in [3.63, 3.8) is 0 Å². The summed E-state index contributed by atoms with van der Waals surface area (Å²) in [4.78, 5) is 15.0. The molecular formula is C12H12BrNOS2. The Bertz CT molecular complexity index is 518. The molecule has 0 unspecified atom stereocenters. The molecule has 0 aliphatic carbocycles. The van der Waals surface area contributed by atoms with Crippen LogP contribution in [0, 0.1) is 0 Å². The monoisotopic (exact) mass is 329 g/mol. The van der Waals surface area contributed by atoms with Gasteiger partial charge in [-0.25, -0.2) is 0 Å². The van der Waals surface area contributed by atoms with Gasteiger partial charge in [-0.3, -0.25) is 4.79 Å². The van der Waals surface area contributed by atoms with Crippen LogP contribution in [0.15, 0.2) is 28.1 Å². The van der Waals surface area contributed by atoms with Crippen molar-refractivity contribution in [1.82, 2.24) is 5.32 Å². The minimum atomic E-state index is 0.0132. The number of halogens is 1. The Morgan fingerprint density at radius 2 is 2.24 bits per heavy atom. The van der Waals surface area contributed by atoms with E-state index >= 15 is 0 Å². The molecule has 0 fully saturated rings. The smallest absolute Gasteiger partial charge is 0.261 e. The first-order valence-corrected chi connectivity index (χ1v) is 7.77. The summed E-state index contributed by atoms with van der Waals surface area (Å²) in [6, 6.07) is 5.93. The molecule has 0 saturated carbocycles. The van der Waals surface area contributed by atoms with Gasteiger partial charge in [0.25, 0.3) is 5.91 Å². The van der Waals surface area contributed by atoms with Crippen LogP contribution in [-0.4, -0.2) is 5.91 Å². The molecule has 0 atom stereocenters. The first kappa shape index (κ1) is 12.8. The molecule has 2 nitrogen and oxygen atoms in total. The Hall–Kier alpha value is -0.650. The second-order valence-electron chi connectivity index (χ2n) is 3.53. The minimum absolute atomic E-state index is 0.0132. The van der Waals surface area contributed by atoms with Crippen molar-refractivity contribution in [1.29, 1.82) is 0 Å². The summed E-state index contributed by atoms with van der Waals surface area (Å²) < 4.78 is 1.07. The third-order valence-corrected chi connectivity index (χ3v) is 5.20. The van der Waals surface area contributed by atoms with E-state index in [2.05, 4.69) is 28.2 Å². The summed E-state index contributed by atoms with van der Waals surface area (Å²) >= 11 is 6.60. The lowest BCUT2D eigenvalue weighted by Crippen LogP contribution is -2.21. The molecular weight excluding hydrogens is 318 g/mol. The van der Waals surface area contributed by atoms with E-state index in [9.17, 15) is 4.79 Å². The lowest BCUT2D eigenvalue weighted by atomic mass is 10.3. The fraction of sp³-hybridized carbons (Fsp3) is 0.250. The molecule has 0 aromatic carbocycles. The number of amides is 1. The molecule has 1 amide bonds. The van der Waals surface area contributed by atoms with E-state index in [0.29, 0.717) is 6.54 Å². The molecule has 2 heterocycles. The summed E-state index contributed by atoms with van der Waals surface area (Å²) in [7, 11) is 0. The highest BCUT2D eigenvalue weighted by Crippen LogP contribution is 2.20. The van der Waals surface area contributed by atoms with E-state index in [0.717, 1.165) is 20.6 Å². The average Bonchev–Trinajstić information content (AvgIpc) is 2.94. The molecule has 0 aliphatic rings. The van der Waals surface area contributed by atoms with Gasteiger partial charge in [0.05, 0.1) is 11.4 Å². The quantitative estimate of drug-likeness (QED) is 0.900. The molecule has 0 radical (unpaired) electrons. The molecule has 17 heavy (non-hydrogen) atoms.